The normalized spacial score (nSPS) is 8.14. The number of rotatable bonds is 2. The molecule has 0 rings (SSSR count). The van der Waals surface area contributed by atoms with Crippen molar-refractivity contribution < 1.29 is 4.79 Å². The summed E-state index contributed by atoms with van der Waals surface area (Å²) < 4.78 is 2.50. The van der Waals surface area contributed by atoms with E-state index < -0.39 is 6.03 Å². The van der Waals surface area contributed by atoms with Gasteiger partial charge in [-0.25, -0.2) is 0 Å². The Morgan fingerprint density at radius 2 is 2.57 bits per heavy atom. The van der Waals surface area contributed by atoms with Crippen molar-refractivity contribution in [2.45, 2.75) is 12.2 Å². The molecule has 0 aliphatic heterocycles. The molecule has 0 radical (unpaired) electrons. The molecule has 3 nitrogen and oxygen atoms in total. The van der Waals surface area contributed by atoms with Crippen molar-refractivity contribution in [3.05, 3.63) is 0 Å². The van der Waals surface area contributed by atoms with Crippen LogP contribution in [0, 0.1) is 0 Å². The van der Waals surface area contributed by atoms with Crippen LogP contribution in [0.2, 0.25) is 5.32 Å². The van der Waals surface area contributed by atoms with Gasteiger partial charge in [0.2, 0.25) is 0 Å². The zero-order chi connectivity index (χ0) is 5.70. The molecule has 0 unspecified atom stereocenters. The van der Waals surface area contributed by atoms with E-state index in [-0.39, 0.29) is 15.2 Å². The second kappa shape index (κ2) is 3.96. The summed E-state index contributed by atoms with van der Waals surface area (Å²) in [5, 5.41) is 0.996. The van der Waals surface area contributed by atoms with Crippen LogP contribution in [0.15, 0.2) is 0 Å². The molecular weight excluding hydrogens is 159 g/mol. The summed E-state index contributed by atoms with van der Waals surface area (Å²) in [5.74, 6) is 0. The summed E-state index contributed by atoms with van der Waals surface area (Å²) in [4.78, 5) is 9.88. The molecule has 0 aromatic rings. The van der Waals surface area contributed by atoms with Gasteiger partial charge in [0.05, 0.1) is 0 Å². The molecule has 2 amide bonds. The van der Waals surface area contributed by atoms with Gasteiger partial charge in [-0.1, -0.05) is 0 Å². The van der Waals surface area contributed by atoms with Gasteiger partial charge in [0.25, 0.3) is 0 Å². The summed E-state index contributed by atoms with van der Waals surface area (Å²) in [6, 6.07) is -0.415. The average Bonchev–Trinajstić information content (AvgIpc) is 1.61. The first-order chi connectivity index (χ1) is 3.27. The Kier molecular flexibility index (Phi) is 3.84. The van der Waals surface area contributed by atoms with Gasteiger partial charge < -0.3 is 0 Å². The standard InChI is InChI=1S/C3H8N2OSe/c1-2-7-5-3(4)6/h2H2,1H3,(H3,4,5,6). The first kappa shape index (κ1) is 6.79. The van der Waals surface area contributed by atoms with Crippen LogP contribution in [0.25, 0.3) is 0 Å². The zero-order valence-corrected chi connectivity index (χ0v) is 5.81. The average molecular weight is 167 g/mol. The molecule has 0 saturated heterocycles. The fourth-order valence-electron chi connectivity index (χ4n) is 0.143. The molecule has 42 valence electrons. The van der Waals surface area contributed by atoms with E-state index in [1.165, 1.54) is 0 Å². The molecule has 0 spiro atoms. The van der Waals surface area contributed by atoms with Gasteiger partial charge in [-0.3, -0.25) is 0 Å². The molecule has 0 aromatic carbocycles. The van der Waals surface area contributed by atoms with Gasteiger partial charge in [0.1, 0.15) is 0 Å². The zero-order valence-electron chi connectivity index (χ0n) is 4.10. The van der Waals surface area contributed by atoms with E-state index in [9.17, 15) is 4.79 Å². The number of urea groups is 1. The van der Waals surface area contributed by atoms with Crippen molar-refractivity contribution in [3.63, 3.8) is 0 Å². The molecule has 0 aromatic heterocycles. The molecular formula is C3H8N2OSe. The van der Waals surface area contributed by atoms with E-state index in [2.05, 4.69) is 4.33 Å². The van der Waals surface area contributed by atoms with Crippen molar-refractivity contribution in [1.29, 1.82) is 0 Å². The number of hydrogen-bond acceptors (Lipinski definition) is 1. The van der Waals surface area contributed by atoms with E-state index in [4.69, 9.17) is 5.73 Å². The van der Waals surface area contributed by atoms with Crippen molar-refractivity contribution in [3.8, 4) is 0 Å². The maximum atomic E-state index is 9.88. The Labute approximate surface area is 49.0 Å². The predicted octanol–water partition coefficient (Wildman–Crippen LogP) is -0.288. The Morgan fingerprint density at radius 1 is 2.00 bits per heavy atom. The number of hydrogen-bond donors (Lipinski definition) is 2. The van der Waals surface area contributed by atoms with Crippen LogP contribution in [-0.4, -0.2) is 21.2 Å². The number of nitrogens with two attached hydrogens (primary N) is 1. The number of primary amides is 1. The van der Waals surface area contributed by atoms with Crippen LogP contribution in [0.1, 0.15) is 6.92 Å². The third-order valence-electron chi connectivity index (χ3n) is 0.317. The van der Waals surface area contributed by atoms with Crippen LogP contribution in [-0.2, 0) is 0 Å². The Balaban J connectivity index is 2.82. The summed E-state index contributed by atoms with van der Waals surface area (Å²) in [6.45, 7) is 2.00. The van der Waals surface area contributed by atoms with Gasteiger partial charge in [0.15, 0.2) is 0 Å². The summed E-state index contributed by atoms with van der Waals surface area (Å²) in [6.07, 6.45) is 0. The quantitative estimate of drug-likeness (QED) is 0.545. The first-order valence-corrected chi connectivity index (χ1v) is 4.01. The van der Waals surface area contributed by atoms with Crippen LogP contribution in [0.5, 0.6) is 0 Å². The Hall–Kier alpha value is -0.211. The Morgan fingerprint density at radius 3 is 2.71 bits per heavy atom. The topological polar surface area (TPSA) is 55.1 Å². The molecule has 0 bridgehead atoms. The second-order valence-corrected chi connectivity index (χ2v) is 3.14. The summed E-state index contributed by atoms with van der Waals surface area (Å²) in [7, 11) is 0. The fourth-order valence-corrected chi connectivity index (χ4v) is 0.745. The van der Waals surface area contributed by atoms with E-state index >= 15 is 0 Å². The van der Waals surface area contributed by atoms with Gasteiger partial charge >= 0.3 is 48.3 Å². The van der Waals surface area contributed by atoms with Crippen molar-refractivity contribution >= 4 is 21.2 Å². The third-order valence-corrected chi connectivity index (χ3v) is 1.65. The third kappa shape index (κ3) is 5.79. The number of nitrogens with one attached hydrogen (secondary N) is 1. The van der Waals surface area contributed by atoms with Crippen molar-refractivity contribution in [2.75, 3.05) is 0 Å². The first-order valence-electron chi connectivity index (χ1n) is 1.94. The SMILES string of the molecule is CC[Se]NC(N)=O. The van der Waals surface area contributed by atoms with E-state index in [0.29, 0.717) is 0 Å². The fraction of sp³-hybridized carbons (Fsp3) is 0.667. The minimum atomic E-state index is -0.415. The van der Waals surface area contributed by atoms with Crippen LogP contribution >= 0.6 is 0 Å². The molecule has 3 N–H and O–H groups in total. The molecule has 0 heterocycles. The van der Waals surface area contributed by atoms with Gasteiger partial charge in [-0.15, -0.1) is 0 Å². The van der Waals surface area contributed by atoms with Gasteiger partial charge in [0, 0.05) is 0 Å². The molecule has 7 heavy (non-hydrogen) atoms. The maximum absolute atomic E-state index is 9.88. The number of carbonyl (C=O) groups is 1. The predicted molar refractivity (Wildman–Crippen MR) is 29.0 cm³/mol. The molecule has 0 saturated carbocycles. The van der Waals surface area contributed by atoms with Gasteiger partial charge in [-0.05, 0) is 0 Å². The van der Waals surface area contributed by atoms with Crippen molar-refractivity contribution in [1.82, 2.24) is 4.33 Å². The Bertz CT molecular complexity index is 66.0. The van der Waals surface area contributed by atoms with Crippen molar-refractivity contribution in [2.24, 2.45) is 5.73 Å². The van der Waals surface area contributed by atoms with E-state index in [1.807, 2.05) is 6.92 Å². The van der Waals surface area contributed by atoms with Crippen LogP contribution in [0.4, 0.5) is 4.79 Å². The molecule has 4 heteroatoms. The van der Waals surface area contributed by atoms with Crippen LogP contribution in [0.3, 0.4) is 0 Å². The number of amides is 2. The monoisotopic (exact) mass is 168 g/mol. The number of carbonyl (C=O) groups excluding carboxylic acids is 1. The van der Waals surface area contributed by atoms with E-state index in [0.717, 1.165) is 5.32 Å². The summed E-state index contributed by atoms with van der Waals surface area (Å²) >= 11 is 0.214. The molecule has 0 fully saturated rings. The minimum absolute atomic E-state index is 0.214. The molecule has 0 aliphatic carbocycles. The van der Waals surface area contributed by atoms with Crippen LogP contribution < -0.4 is 10.1 Å². The second-order valence-electron chi connectivity index (χ2n) is 0.899. The molecule has 0 aliphatic rings. The van der Waals surface area contributed by atoms with Gasteiger partial charge in [-0.2, -0.15) is 0 Å². The van der Waals surface area contributed by atoms with E-state index in [1.54, 1.807) is 0 Å². The molecule has 0 atom stereocenters. The summed E-state index contributed by atoms with van der Waals surface area (Å²) in [5.41, 5.74) is 4.74.